The van der Waals surface area contributed by atoms with Crippen molar-refractivity contribution >= 4 is 27.6 Å². The standard InChI is InChI=1S/C12H13BrFNO3/c13-9-5-10(14)11(15)4-8(9)12(16)18-7-2-1-3-17-6-7/h4-5,7H,1-3,6,15H2. The van der Waals surface area contributed by atoms with Crippen LogP contribution < -0.4 is 5.73 Å². The van der Waals surface area contributed by atoms with Crippen molar-refractivity contribution < 1.29 is 18.7 Å². The van der Waals surface area contributed by atoms with Crippen LogP contribution in [0.3, 0.4) is 0 Å². The van der Waals surface area contributed by atoms with Crippen LogP contribution in [0.5, 0.6) is 0 Å². The lowest BCUT2D eigenvalue weighted by Gasteiger charge is -2.22. The maximum atomic E-state index is 13.2. The summed E-state index contributed by atoms with van der Waals surface area (Å²) < 4.78 is 24.0. The molecule has 1 aliphatic heterocycles. The van der Waals surface area contributed by atoms with E-state index in [1.54, 1.807) is 0 Å². The summed E-state index contributed by atoms with van der Waals surface area (Å²) >= 11 is 3.12. The molecular formula is C12H13BrFNO3. The van der Waals surface area contributed by atoms with Crippen molar-refractivity contribution in [2.45, 2.75) is 18.9 Å². The van der Waals surface area contributed by atoms with E-state index in [2.05, 4.69) is 15.9 Å². The molecule has 0 bridgehead atoms. The molecule has 1 aromatic rings. The molecule has 4 nitrogen and oxygen atoms in total. The molecule has 2 rings (SSSR count). The number of rotatable bonds is 2. The number of nitrogen functional groups attached to an aromatic ring is 1. The second-order valence-corrected chi connectivity index (χ2v) is 4.95. The smallest absolute Gasteiger partial charge is 0.339 e. The fourth-order valence-electron chi connectivity index (χ4n) is 1.74. The number of hydrogen-bond acceptors (Lipinski definition) is 4. The molecular weight excluding hydrogens is 305 g/mol. The number of benzene rings is 1. The second kappa shape index (κ2) is 5.67. The Morgan fingerprint density at radius 2 is 2.33 bits per heavy atom. The SMILES string of the molecule is Nc1cc(C(=O)OC2CCCOC2)c(Br)cc1F. The van der Waals surface area contributed by atoms with Crippen molar-refractivity contribution in [2.75, 3.05) is 18.9 Å². The first-order valence-corrected chi connectivity index (χ1v) is 6.40. The normalized spacial score (nSPS) is 19.6. The van der Waals surface area contributed by atoms with Crippen LogP contribution in [-0.2, 0) is 9.47 Å². The number of esters is 1. The van der Waals surface area contributed by atoms with Gasteiger partial charge in [0.25, 0.3) is 0 Å². The maximum absolute atomic E-state index is 13.2. The molecule has 0 aliphatic carbocycles. The molecule has 1 aromatic carbocycles. The summed E-state index contributed by atoms with van der Waals surface area (Å²) in [4.78, 5) is 11.9. The average molecular weight is 318 g/mol. The maximum Gasteiger partial charge on any atom is 0.339 e. The van der Waals surface area contributed by atoms with Crippen LogP contribution in [0.25, 0.3) is 0 Å². The van der Waals surface area contributed by atoms with Gasteiger partial charge in [0.05, 0.1) is 17.9 Å². The van der Waals surface area contributed by atoms with Crippen molar-refractivity contribution in [1.29, 1.82) is 0 Å². The number of anilines is 1. The van der Waals surface area contributed by atoms with Crippen LogP contribution in [0, 0.1) is 5.82 Å². The Morgan fingerprint density at radius 3 is 3.00 bits per heavy atom. The summed E-state index contributed by atoms with van der Waals surface area (Å²) in [5, 5.41) is 0. The van der Waals surface area contributed by atoms with Gasteiger partial charge in [-0.25, -0.2) is 9.18 Å². The molecule has 98 valence electrons. The summed E-state index contributed by atoms with van der Waals surface area (Å²) in [6.45, 7) is 1.10. The van der Waals surface area contributed by atoms with Gasteiger partial charge in [0.1, 0.15) is 11.9 Å². The Bertz CT molecular complexity index is 461. The Balaban J connectivity index is 2.10. The predicted molar refractivity (Wildman–Crippen MR) is 67.8 cm³/mol. The highest BCUT2D eigenvalue weighted by Gasteiger charge is 2.21. The molecule has 1 unspecified atom stereocenters. The van der Waals surface area contributed by atoms with Gasteiger partial charge in [-0.15, -0.1) is 0 Å². The van der Waals surface area contributed by atoms with Gasteiger partial charge >= 0.3 is 5.97 Å². The largest absolute Gasteiger partial charge is 0.456 e. The van der Waals surface area contributed by atoms with E-state index in [1.165, 1.54) is 6.07 Å². The molecule has 1 aliphatic rings. The lowest BCUT2D eigenvalue weighted by molar-refractivity contribution is -0.0306. The molecule has 0 radical (unpaired) electrons. The first kappa shape index (κ1) is 13.3. The van der Waals surface area contributed by atoms with E-state index >= 15 is 0 Å². The van der Waals surface area contributed by atoms with Gasteiger partial charge in [-0.05, 0) is 40.9 Å². The highest BCUT2D eigenvalue weighted by Crippen LogP contribution is 2.24. The highest BCUT2D eigenvalue weighted by molar-refractivity contribution is 9.10. The lowest BCUT2D eigenvalue weighted by atomic mass is 10.1. The van der Waals surface area contributed by atoms with E-state index in [4.69, 9.17) is 15.2 Å². The van der Waals surface area contributed by atoms with Gasteiger partial charge in [-0.3, -0.25) is 0 Å². The molecule has 0 saturated carbocycles. The third-order valence-electron chi connectivity index (χ3n) is 2.70. The van der Waals surface area contributed by atoms with Crippen LogP contribution in [0.15, 0.2) is 16.6 Å². The number of hydrogen-bond donors (Lipinski definition) is 1. The molecule has 0 amide bonds. The van der Waals surface area contributed by atoms with E-state index in [0.717, 1.165) is 18.9 Å². The quantitative estimate of drug-likeness (QED) is 0.672. The summed E-state index contributed by atoms with van der Waals surface area (Å²) in [5.41, 5.74) is 5.58. The van der Waals surface area contributed by atoms with Gasteiger partial charge in [0.15, 0.2) is 0 Å². The minimum absolute atomic E-state index is 0.0787. The Kier molecular flexibility index (Phi) is 4.19. The minimum atomic E-state index is -0.570. The average Bonchev–Trinajstić information content (AvgIpc) is 2.35. The number of carbonyl (C=O) groups is 1. The lowest BCUT2D eigenvalue weighted by Crippen LogP contribution is -2.28. The predicted octanol–water partition coefficient (Wildman–Crippen LogP) is 2.51. The zero-order valence-corrected chi connectivity index (χ0v) is 11.2. The summed E-state index contributed by atoms with van der Waals surface area (Å²) in [5.74, 6) is -1.09. The fourth-order valence-corrected chi connectivity index (χ4v) is 2.22. The molecule has 1 fully saturated rings. The van der Waals surface area contributed by atoms with Crippen LogP contribution >= 0.6 is 15.9 Å². The van der Waals surface area contributed by atoms with Crippen molar-refractivity contribution in [3.63, 3.8) is 0 Å². The van der Waals surface area contributed by atoms with E-state index in [9.17, 15) is 9.18 Å². The third kappa shape index (κ3) is 3.00. The Hall–Kier alpha value is -1.14. The van der Waals surface area contributed by atoms with Gasteiger partial charge in [0, 0.05) is 11.1 Å². The van der Waals surface area contributed by atoms with Gasteiger partial charge < -0.3 is 15.2 Å². The highest BCUT2D eigenvalue weighted by atomic mass is 79.9. The minimum Gasteiger partial charge on any atom is -0.456 e. The van der Waals surface area contributed by atoms with Crippen molar-refractivity contribution in [2.24, 2.45) is 0 Å². The van der Waals surface area contributed by atoms with E-state index in [0.29, 0.717) is 17.7 Å². The zero-order valence-electron chi connectivity index (χ0n) is 9.62. The zero-order chi connectivity index (χ0) is 13.1. The topological polar surface area (TPSA) is 61.6 Å². The summed E-state index contributed by atoms with van der Waals surface area (Å²) in [6, 6.07) is 2.43. The number of carbonyl (C=O) groups excluding carboxylic acids is 1. The molecule has 18 heavy (non-hydrogen) atoms. The second-order valence-electron chi connectivity index (χ2n) is 4.10. The van der Waals surface area contributed by atoms with Crippen LogP contribution in [0.1, 0.15) is 23.2 Å². The number of nitrogens with two attached hydrogens (primary N) is 1. The first-order chi connectivity index (χ1) is 8.58. The van der Waals surface area contributed by atoms with Crippen molar-refractivity contribution in [3.05, 3.63) is 28.0 Å². The Morgan fingerprint density at radius 1 is 1.56 bits per heavy atom. The molecule has 2 N–H and O–H groups in total. The molecule has 1 saturated heterocycles. The van der Waals surface area contributed by atoms with Crippen LogP contribution in [0.2, 0.25) is 0 Å². The molecule has 0 aromatic heterocycles. The van der Waals surface area contributed by atoms with Crippen molar-refractivity contribution in [3.8, 4) is 0 Å². The molecule has 0 spiro atoms. The van der Waals surface area contributed by atoms with Gasteiger partial charge in [-0.1, -0.05) is 0 Å². The molecule has 1 atom stereocenters. The fraction of sp³-hybridized carbons (Fsp3) is 0.417. The first-order valence-electron chi connectivity index (χ1n) is 5.61. The molecule has 1 heterocycles. The van der Waals surface area contributed by atoms with Gasteiger partial charge in [-0.2, -0.15) is 0 Å². The number of halogens is 2. The third-order valence-corrected chi connectivity index (χ3v) is 3.35. The van der Waals surface area contributed by atoms with Crippen LogP contribution in [-0.4, -0.2) is 25.3 Å². The molecule has 6 heteroatoms. The Labute approximate surface area is 112 Å². The van der Waals surface area contributed by atoms with Crippen LogP contribution in [0.4, 0.5) is 10.1 Å². The van der Waals surface area contributed by atoms with Gasteiger partial charge in [0.2, 0.25) is 0 Å². The van der Waals surface area contributed by atoms with Crippen molar-refractivity contribution in [1.82, 2.24) is 0 Å². The number of ether oxygens (including phenoxy) is 2. The monoisotopic (exact) mass is 317 g/mol. The van der Waals surface area contributed by atoms with E-state index < -0.39 is 11.8 Å². The summed E-state index contributed by atoms with van der Waals surface area (Å²) in [6.07, 6.45) is 1.40. The van der Waals surface area contributed by atoms with E-state index in [1.807, 2.05) is 0 Å². The van der Waals surface area contributed by atoms with E-state index in [-0.39, 0.29) is 17.4 Å². The summed E-state index contributed by atoms with van der Waals surface area (Å²) in [7, 11) is 0.